The van der Waals surface area contributed by atoms with Crippen molar-refractivity contribution in [1.82, 2.24) is 0 Å². The molecule has 1 unspecified atom stereocenters. The highest BCUT2D eigenvalue weighted by molar-refractivity contribution is 5.71. The third kappa shape index (κ3) is 50.1. The molecule has 6 nitrogen and oxygen atoms in total. The van der Waals surface area contributed by atoms with Crippen molar-refractivity contribution in [1.29, 1.82) is 0 Å². The number of allylic oxidation sites excluding steroid dienone is 10. The average Bonchev–Trinajstić information content (AvgIpc) is 3.29. The molecule has 1 atom stereocenters. The van der Waals surface area contributed by atoms with Crippen LogP contribution in [0.25, 0.3) is 0 Å². The van der Waals surface area contributed by atoms with Crippen LogP contribution in [0.3, 0.4) is 0 Å². The Balaban J connectivity index is 4.33. The lowest BCUT2D eigenvalue weighted by atomic mass is 10.1. The lowest BCUT2D eigenvalue weighted by Crippen LogP contribution is -2.30. The highest BCUT2D eigenvalue weighted by atomic mass is 16.6. The van der Waals surface area contributed by atoms with E-state index in [2.05, 4.69) is 81.5 Å². The first-order valence-corrected chi connectivity index (χ1v) is 27.3. The molecule has 6 heteroatoms. The van der Waals surface area contributed by atoms with Gasteiger partial charge in [-0.3, -0.25) is 14.4 Å². The lowest BCUT2D eigenvalue weighted by Gasteiger charge is -2.18. The SMILES string of the molecule is CC/C=C\C/C=C\C/C=C\CCCCCC(=O)OC(COC(=O)CCCCCCC/C=C\CCCCC)COC(=O)CCCCCCCCCCC/C=C\CCCCCCCCCC. The molecule has 0 spiro atoms. The van der Waals surface area contributed by atoms with Crippen molar-refractivity contribution in [3.05, 3.63) is 60.8 Å². The number of carbonyl (C=O) groups excluding carboxylic acids is 3. The predicted molar refractivity (Wildman–Crippen MR) is 275 cm³/mol. The van der Waals surface area contributed by atoms with Gasteiger partial charge in [-0.15, -0.1) is 0 Å². The Morgan fingerprint density at radius 2 is 0.609 bits per heavy atom. The van der Waals surface area contributed by atoms with Crippen LogP contribution in [0.5, 0.6) is 0 Å². The van der Waals surface area contributed by atoms with Gasteiger partial charge in [0.1, 0.15) is 13.2 Å². The Hall–Kier alpha value is -2.89. The van der Waals surface area contributed by atoms with E-state index in [1.54, 1.807) is 0 Å². The van der Waals surface area contributed by atoms with Gasteiger partial charge in [0.25, 0.3) is 0 Å². The molecule has 0 N–H and O–H groups in total. The zero-order valence-corrected chi connectivity index (χ0v) is 42.3. The highest BCUT2D eigenvalue weighted by Gasteiger charge is 2.19. The van der Waals surface area contributed by atoms with E-state index in [1.807, 2.05) is 0 Å². The first kappa shape index (κ1) is 61.1. The van der Waals surface area contributed by atoms with Crippen LogP contribution < -0.4 is 0 Å². The normalized spacial score (nSPS) is 12.5. The maximum absolute atomic E-state index is 12.8. The van der Waals surface area contributed by atoms with Crippen molar-refractivity contribution in [3.8, 4) is 0 Å². The fourth-order valence-electron chi connectivity index (χ4n) is 7.62. The second-order valence-electron chi connectivity index (χ2n) is 18.1. The van der Waals surface area contributed by atoms with Gasteiger partial charge in [0.05, 0.1) is 0 Å². The predicted octanol–water partition coefficient (Wildman–Crippen LogP) is 18.0. The van der Waals surface area contributed by atoms with E-state index < -0.39 is 6.10 Å². The number of esters is 3. The zero-order valence-electron chi connectivity index (χ0n) is 42.3. The summed E-state index contributed by atoms with van der Waals surface area (Å²) in [5.74, 6) is -0.925. The number of carbonyl (C=O) groups is 3. The molecular formula is C58H102O6. The van der Waals surface area contributed by atoms with Crippen LogP contribution in [0.15, 0.2) is 60.8 Å². The summed E-state index contributed by atoms with van der Waals surface area (Å²) >= 11 is 0. The average molecular weight is 895 g/mol. The van der Waals surface area contributed by atoms with Gasteiger partial charge < -0.3 is 14.2 Å². The third-order valence-electron chi connectivity index (χ3n) is 11.7. The summed E-state index contributed by atoms with van der Waals surface area (Å²) in [6, 6.07) is 0. The second kappa shape index (κ2) is 52.7. The van der Waals surface area contributed by atoms with Crippen LogP contribution in [0.1, 0.15) is 271 Å². The largest absolute Gasteiger partial charge is 0.462 e. The van der Waals surface area contributed by atoms with E-state index in [-0.39, 0.29) is 31.1 Å². The van der Waals surface area contributed by atoms with E-state index in [0.29, 0.717) is 19.3 Å². The molecule has 0 saturated heterocycles. The van der Waals surface area contributed by atoms with Crippen molar-refractivity contribution in [3.63, 3.8) is 0 Å². The van der Waals surface area contributed by atoms with E-state index in [1.165, 1.54) is 141 Å². The van der Waals surface area contributed by atoms with Gasteiger partial charge in [-0.05, 0) is 103 Å². The fourth-order valence-corrected chi connectivity index (χ4v) is 7.62. The Labute approximate surface area is 396 Å². The first-order valence-electron chi connectivity index (χ1n) is 27.3. The minimum Gasteiger partial charge on any atom is -0.462 e. The maximum Gasteiger partial charge on any atom is 0.306 e. The molecule has 0 fully saturated rings. The van der Waals surface area contributed by atoms with Gasteiger partial charge in [0, 0.05) is 19.3 Å². The molecule has 64 heavy (non-hydrogen) atoms. The third-order valence-corrected chi connectivity index (χ3v) is 11.7. The fraction of sp³-hybridized carbons (Fsp3) is 0.776. The van der Waals surface area contributed by atoms with Crippen LogP contribution >= 0.6 is 0 Å². The van der Waals surface area contributed by atoms with Crippen molar-refractivity contribution < 1.29 is 28.6 Å². The standard InChI is InChI=1S/C58H102O6/c1-4-7-10-13-16-19-22-25-26-27-28-29-30-31-32-34-36-39-42-45-48-51-57(60)63-54-55(53-62-56(59)50-47-44-41-38-35-24-21-18-15-12-9-6-3)64-58(61)52-49-46-43-40-37-33-23-20-17-14-11-8-5-2/h8,11,17-18,20-21,27-28,33,37,55H,4-7,9-10,12-16,19,22-26,29-32,34-36,38-54H2,1-3H3/b11-8-,20-17-,21-18-,28-27-,37-33-. The van der Waals surface area contributed by atoms with Gasteiger partial charge in [0.15, 0.2) is 6.10 Å². The summed E-state index contributed by atoms with van der Waals surface area (Å²) in [6.45, 7) is 6.48. The molecule has 0 bridgehead atoms. The summed E-state index contributed by atoms with van der Waals surface area (Å²) in [5, 5.41) is 0. The highest BCUT2D eigenvalue weighted by Crippen LogP contribution is 2.15. The van der Waals surface area contributed by atoms with Crippen LogP contribution in [0.4, 0.5) is 0 Å². The Bertz CT molecular complexity index is 1170. The van der Waals surface area contributed by atoms with E-state index >= 15 is 0 Å². The molecule has 370 valence electrons. The van der Waals surface area contributed by atoms with E-state index in [4.69, 9.17) is 14.2 Å². The van der Waals surface area contributed by atoms with Crippen LogP contribution in [0, 0.1) is 0 Å². The van der Waals surface area contributed by atoms with E-state index in [9.17, 15) is 14.4 Å². The van der Waals surface area contributed by atoms with Crippen molar-refractivity contribution in [2.45, 2.75) is 277 Å². The quantitative estimate of drug-likeness (QED) is 0.0262. The molecule has 0 aliphatic heterocycles. The van der Waals surface area contributed by atoms with Gasteiger partial charge >= 0.3 is 17.9 Å². The minimum absolute atomic E-state index is 0.0892. The Kier molecular flexibility index (Phi) is 50.4. The van der Waals surface area contributed by atoms with Crippen molar-refractivity contribution >= 4 is 17.9 Å². The van der Waals surface area contributed by atoms with Crippen LogP contribution in [-0.2, 0) is 28.6 Å². The Morgan fingerprint density at radius 3 is 1.02 bits per heavy atom. The minimum atomic E-state index is -0.792. The molecule has 0 aromatic heterocycles. The van der Waals surface area contributed by atoms with Gasteiger partial charge in [-0.25, -0.2) is 0 Å². The van der Waals surface area contributed by atoms with Crippen molar-refractivity contribution in [2.24, 2.45) is 0 Å². The molecule has 0 saturated carbocycles. The topological polar surface area (TPSA) is 78.9 Å². The molecule has 0 aromatic carbocycles. The number of hydrogen-bond donors (Lipinski definition) is 0. The molecule has 0 radical (unpaired) electrons. The molecular weight excluding hydrogens is 793 g/mol. The monoisotopic (exact) mass is 895 g/mol. The number of rotatable bonds is 49. The van der Waals surface area contributed by atoms with Gasteiger partial charge in [-0.1, -0.05) is 210 Å². The van der Waals surface area contributed by atoms with Gasteiger partial charge in [-0.2, -0.15) is 0 Å². The van der Waals surface area contributed by atoms with Gasteiger partial charge in [0.2, 0.25) is 0 Å². The number of hydrogen-bond acceptors (Lipinski definition) is 6. The molecule has 0 aromatic rings. The summed E-state index contributed by atoms with van der Waals surface area (Å²) < 4.78 is 16.8. The zero-order chi connectivity index (χ0) is 46.5. The summed E-state index contributed by atoms with van der Waals surface area (Å²) in [5.41, 5.74) is 0. The first-order chi connectivity index (χ1) is 31.5. The number of unbranched alkanes of at least 4 members (excludes halogenated alkanes) is 28. The maximum atomic E-state index is 12.8. The summed E-state index contributed by atoms with van der Waals surface area (Å²) in [7, 11) is 0. The Morgan fingerprint density at radius 1 is 0.328 bits per heavy atom. The molecule has 0 rings (SSSR count). The second-order valence-corrected chi connectivity index (χ2v) is 18.1. The van der Waals surface area contributed by atoms with E-state index in [0.717, 1.165) is 89.9 Å². The van der Waals surface area contributed by atoms with Crippen LogP contribution in [0.2, 0.25) is 0 Å². The molecule has 0 heterocycles. The summed E-state index contributed by atoms with van der Waals surface area (Å²) in [4.78, 5) is 38.0. The molecule has 0 amide bonds. The smallest absolute Gasteiger partial charge is 0.306 e. The lowest BCUT2D eigenvalue weighted by molar-refractivity contribution is -0.167. The summed E-state index contributed by atoms with van der Waals surface area (Å²) in [6.07, 6.45) is 65.0. The number of ether oxygens (including phenoxy) is 3. The molecule has 0 aliphatic rings. The van der Waals surface area contributed by atoms with Crippen molar-refractivity contribution in [2.75, 3.05) is 13.2 Å². The van der Waals surface area contributed by atoms with Crippen LogP contribution in [-0.4, -0.2) is 37.2 Å². The molecule has 0 aliphatic carbocycles.